The fraction of sp³-hybridized carbons (Fsp3) is 0.333. The molecular weight excluding hydrogens is 265 g/mol. The molecule has 21 heavy (non-hydrogen) atoms. The van der Waals surface area contributed by atoms with E-state index in [0.29, 0.717) is 0 Å². The second-order valence-corrected chi connectivity index (χ2v) is 6.38. The van der Waals surface area contributed by atoms with Crippen molar-refractivity contribution in [2.45, 2.75) is 38.8 Å². The number of benzene rings is 2. The minimum Gasteiger partial charge on any atom is -0.487 e. The second kappa shape index (κ2) is 4.85. The Bertz CT molecular complexity index is 692. The van der Waals surface area contributed by atoms with Crippen LogP contribution in [0.1, 0.15) is 37.9 Å². The first kappa shape index (κ1) is 14.1. The molecule has 0 fully saturated rings. The van der Waals surface area contributed by atoms with E-state index in [9.17, 15) is 4.39 Å². The largest absolute Gasteiger partial charge is 0.487 e. The van der Waals surface area contributed by atoms with Gasteiger partial charge in [-0.15, -0.1) is 0 Å². The van der Waals surface area contributed by atoms with Crippen LogP contribution in [0.5, 0.6) is 5.75 Å². The van der Waals surface area contributed by atoms with Gasteiger partial charge in [-0.1, -0.05) is 12.1 Å². The van der Waals surface area contributed by atoms with E-state index in [0.717, 1.165) is 34.4 Å². The van der Waals surface area contributed by atoms with Crippen molar-refractivity contribution in [2.75, 3.05) is 0 Å². The summed E-state index contributed by atoms with van der Waals surface area (Å²) in [5.41, 5.74) is 9.80. The summed E-state index contributed by atoms with van der Waals surface area (Å²) in [7, 11) is 0. The Morgan fingerprint density at radius 1 is 1.19 bits per heavy atom. The minimum absolute atomic E-state index is 0.137. The highest BCUT2D eigenvalue weighted by molar-refractivity contribution is 5.70. The molecule has 1 aliphatic rings. The average molecular weight is 285 g/mol. The third kappa shape index (κ3) is 2.66. The Morgan fingerprint density at radius 2 is 1.95 bits per heavy atom. The Labute approximate surface area is 124 Å². The van der Waals surface area contributed by atoms with Crippen LogP contribution < -0.4 is 10.5 Å². The summed E-state index contributed by atoms with van der Waals surface area (Å²) in [6, 6.07) is 10.7. The van der Waals surface area contributed by atoms with Crippen LogP contribution in [-0.2, 0) is 6.42 Å². The fourth-order valence-corrected chi connectivity index (χ4v) is 2.95. The molecule has 3 rings (SSSR count). The van der Waals surface area contributed by atoms with Crippen LogP contribution in [0.3, 0.4) is 0 Å². The van der Waals surface area contributed by atoms with Crippen molar-refractivity contribution >= 4 is 0 Å². The molecule has 1 atom stereocenters. The van der Waals surface area contributed by atoms with Gasteiger partial charge in [0, 0.05) is 12.5 Å². The Morgan fingerprint density at radius 3 is 2.67 bits per heavy atom. The number of ether oxygens (including phenoxy) is 1. The molecule has 0 saturated carbocycles. The summed E-state index contributed by atoms with van der Waals surface area (Å²) in [4.78, 5) is 0. The highest BCUT2D eigenvalue weighted by Gasteiger charge is 2.30. The molecule has 0 amide bonds. The maximum absolute atomic E-state index is 13.6. The molecule has 0 saturated heterocycles. The average Bonchev–Trinajstić information content (AvgIpc) is 2.70. The number of fused-ring (bicyclic) bond motifs is 1. The van der Waals surface area contributed by atoms with Crippen LogP contribution in [0, 0.1) is 5.82 Å². The predicted octanol–water partition coefficient (Wildman–Crippen LogP) is 4.23. The monoisotopic (exact) mass is 285 g/mol. The molecule has 2 nitrogen and oxygen atoms in total. The third-order valence-electron chi connectivity index (χ3n) is 3.88. The van der Waals surface area contributed by atoms with Gasteiger partial charge in [-0.3, -0.25) is 0 Å². The number of hydrogen-bond acceptors (Lipinski definition) is 2. The van der Waals surface area contributed by atoms with E-state index < -0.39 is 0 Å². The van der Waals surface area contributed by atoms with Crippen LogP contribution in [0.4, 0.5) is 4.39 Å². The van der Waals surface area contributed by atoms with Gasteiger partial charge >= 0.3 is 0 Å². The summed E-state index contributed by atoms with van der Waals surface area (Å²) in [6.07, 6.45) is 0.860. The number of hydrogen-bond donors (Lipinski definition) is 1. The van der Waals surface area contributed by atoms with E-state index in [1.807, 2.05) is 19.1 Å². The van der Waals surface area contributed by atoms with Gasteiger partial charge in [0.25, 0.3) is 0 Å². The summed E-state index contributed by atoms with van der Waals surface area (Å²) >= 11 is 0. The van der Waals surface area contributed by atoms with Gasteiger partial charge in [-0.25, -0.2) is 4.39 Å². The van der Waals surface area contributed by atoms with Crippen molar-refractivity contribution in [3.63, 3.8) is 0 Å². The van der Waals surface area contributed by atoms with Crippen LogP contribution in [0.15, 0.2) is 36.4 Å². The van der Waals surface area contributed by atoms with Crippen LogP contribution in [-0.4, -0.2) is 5.60 Å². The molecule has 0 radical (unpaired) electrons. The van der Waals surface area contributed by atoms with E-state index in [2.05, 4.69) is 19.9 Å². The molecule has 1 aliphatic heterocycles. The van der Waals surface area contributed by atoms with Crippen LogP contribution in [0.2, 0.25) is 0 Å². The van der Waals surface area contributed by atoms with E-state index in [1.165, 1.54) is 6.07 Å². The fourth-order valence-electron chi connectivity index (χ4n) is 2.95. The van der Waals surface area contributed by atoms with Crippen molar-refractivity contribution in [2.24, 2.45) is 5.73 Å². The Hall–Kier alpha value is -1.87. The first-order chi connectivity index (χ1) is 9.85. The maximum Gasteiger partial charge on any atom is 0.123 e. The molecule has 2 N–H and O–H groups in total. The molecule has 1 unspecified atom stereocenters. The van der Waals surface area contributed by atoms with E-state index >= 15 is 0 Å². The summed E-state index contributed by atoms with van der Waals surface area (Å²) in [6.45, 7) is 6.06. The van der Waals surface area contributed by atoms with Crippen molar-refractivity contribution < 1.29 is 9.13 Å². The molecule has 3 heteroatoms. The van der Waals surface area contributed by atoms with Gasteiger partial charge < -0.3 is 10.5 Å². The van der Waals surface area contributed by atoms with Crippen LogP contribution >= 0.6 is 0 Å². The highest BCUT2D eigenvalue weighted by atomic mass is 19.1. The van der Waals surface area contributed by atoms with Gasteiger partial charge in [0.05, 0.1) is 0 Å². The zero-order valence-electron chi connectivity index (χ0n) is 12.6. The predicted molar refractivity (Wildman–Crippen MR) is 82.8 cm³/mol. The highest BCUT2D eigenvalue weighted by Crippen LogP contribution is 2.38. The molecule has 0 aliphatic carbocycles. The molecule has 2 aromatic carbocycles. The third-order valence-corrected chi connectivity index (χ3v) is 3.88. The first-order valence-electron chi connectivity index (χ1n) is 7.23. The normalized spacial score (nSPS) is 17.2. The lowest BCUT2D eigenvalue weighted by Gasteiger charge is -2.16. The molecular formula is C18H20FNO. The van der Waals surface area contributed by atoms with Gasteiger partial charge in [0.1, 0.15) is 17.2 Å². The lowest BCUT2D eigenvalue weighted by Crippen LogP contribution is -2.24. The van der Waals surface area contributed by atoms with Gasteiger partial charge in [0.2, 0.25) is 0 Å². The van der Waals surface area contributed by atoms with Crippen molar-refractivity contribution in [3.05, 3.63) is 53.3 Å². The van der Waals surface area contributed by atoms with E-state index in [-0.39, 0.29) is 17.5 Å². The molecule has 1 heterocycles. The standard InChI is InChI=1S/C18H20FNO/c1-11(20)15-6-5-14(19)9-16(15)12-4-7-17-13(8-12)10-18(2,3)21-17/h4-9,11H,10,20H2,1-3H3. The maximum atomic E-state index is 13.6. The van der Waals surface area contributed by atoms with E-state index in [4.69, 9.17) is 10.5 Å². The van der Waals surface area contributed by atoms with Crippen molar-refractivity contribution in [3.8, 4) is 16.9 Å². The van der Waals surface area contributed by atoms with Crippen LogP contribution in [0.25, 0.3) is 11.1 Å². The number of halogens is 1. The minimum atomic E-state index is -0.244. The molecule has 2 aromatic rings. The van der Waals surface area contributed by atoms with Crippen molar-refractivity contribution in [1.29, 1.82) is 0 Å². The zero-order chi connectivity index (χ0) is 15.2. The molecule has 0 aromatic heterocycles. The summed E-state index contributed by atoms with van der Waals surface area (Å²) in [5, 5.41) is 0. The first-order valence-corrected chi connectivity index (χ1v) is 7.23. The SMILES string of the molecule is CC(N)c1ccc(F)cc1-c1ccc2c(c1)CC(C)(C)O2. The number of rotatable bonds is 2. The second-order valence-electron chi connectivity index (χ2n) is 6.38. The van der Waals surface area contributed by atoms with Crippen molar-refractivity contribution in [1.82, 2.24) is 0 Å². The molecule has 110 valence electrons. The smallest absolute Gasteiger partial charge is 0.123 e. The topological polar surface area (TPSA) is 35.2 Å². The van der Waals surface area contributed by atoms with Gasteiger partial charge in [0.15, 0.2) is 0 Å². The quantitative estimate of drug-likeness (QED) is 0.896. The zero-order valence-corrected chi connectivity index (χ0v) is 12.6. The lowest BCUT2D eigenvalue weighted by atomic mass is 9.93. The molecule has 0 spiro atoms. The number of nitrogens with two attached hydrogens (primary N) is 1. The molecule has 0 bridgehead atoms. The summed E-state index contributed by atoms with van der Waals surface area (Å²) in [5.74, 6) is 0.675. The Kier molecular flexibility index (Phi) is 3.25. The lowest BCUT2D eigenvalue weighted by molar-refractivity contribution is 0.138. The van der Waals surface area contributed by atoms with Gasteiger partial charge in [-0.2, -0.15) is 0 Å². The Balaban J connectivity index is 2.09. The summed E-state index contributed by atoms with van der Waals surface area (Å²) < 4.78 is 19.5. The van der Waals surface area contributed by atoms with E-state index in [1.54, 1.807) is 12.1 Å². The van der Waals surface area contributed by atoms with Gasteiger partial charge in [-0.05, 0) is 67.3 Å².